The van der Waals surface area contributed by atoms with Gasteiger partial charge in [0, 0.05) is 18.6 Å². The summed E-state index contributed by atoms with van der Waals surface area (Å²) in [5, 5.41) is 2.73. The standard InChI is InChI=1S/C11H16ClN3O3S/c1-3-15(7-11(16)14-2)19(17,18)10-5-4-8(12)6-9(10)13/h4-6H,3,7,13H2,1-2H3,(H,14,16). The number of anilines is 1. The van der Waals surface area contributed by atoms with Crippen LogP contribution >= 0.6 is 11.6 Å². The van der Waals surface area contributed by atoms with Crippen molar-refractivity contribution in [1.82, 2.24) is 9.62 Å². The van der Waals surface area contributed by atoms with Crippen LogP contribution in [0, 0.1) is 0 Å². The molecule has 8 heteroatoms. The maximum atomic E-state index is 12.4. The maximum absolute atomic E-state index is 12.4. The van der Waals surface area contributed by atoms with Crippen molar-refractivity contribution in [3.05, 3.63) is 23.2 Å². The summed E-state index contributed by atoms with van der Waals surface area (Å²) in [6.07, 6.45) is 0. The maximum Gasteiger partial charge on any atom is 0.245 e. The van der Waals surface area contributed by atoms with E-state index in [9.17, 15) is 13.2 Å². The first-order chi connectivity index (χ1) is 8.82. The van der Waals surface area contributed by atoms with Crippen LogP contribution in [0.25, 0.3) is 0 Å². The number of benzene rings is 1. The fourth-order valence-electron chi connectivity index (χ4n) is 1.50. The molecule has 0 aromatic heterocycles. The normalized spacial score (nSPS) is 11.6. The number of hydrogen-bond acceptors (Lipinski definition) is 4. The number of carbonyl (C=O) groups excluding carboxylic acids is 1. The second kappa shape index (κ2) is 6.23. The van der Waals surface area contributed by atoms with Gasteiger partial charge in [-0.1, -0.05) is 18.5 Å². The summed E-state index contributed by atoms with van der Waals surface area (Å²) < 4.78 is 25.8. The van der Waals surface area contributed by atoms with Crippen LogP contribution in [0.4, 0.5) is 5.69 Å². The van der Waals surface area contributed by atoms with Gasteiger partial charge in [0.1, 0.15) is 4.90 Å². The first-order valence-electron chi connectivity index (χ1n) is 5.58. The van der Waals surface area contributed by atoms with Crippen molar-refractivity contribution in [2.75, 3.05) is 25.9 Å². The molecule has 6 nitrogen and oxygen atoms in total. The Morgan fingerprint density at radius 3 is 2.58 bits per heavy atom. The Hall–Kier alpha value is -1.31. The summed E-state index contributed by atoms with van der Waals surface area (Å²) in [5.74, 6) is -0.391. The molecule has 0 radical (unpaired) electrons. The fourth-order valence-corrected chi connectivity index (χ4v) is 3.18. The molecule has 19 heavy (non-hydrogen) atoms. The molecule has 1 aromatic rings. The third kappa shape index (κ3) is 3.59. The first kappa shape index (κ1) is 15.7. The van der Waals surface area contributed by atoms with Crippen LogP contribution in [0.5, 0.6) is 0 Å². The van der Waals surface area contributed by atoms with E-state index < -0.39 is 15.9 Å². The molecule has 0 aliphatic rings. The minimum absolute atomic E-state index is 0.0531. The quantitative estimate of drug-likeness (QED) is 0.782. The van der Waals surface area contributed by atoms with E-state index in [1.807, 2.05) is 0 Å². The highest BCUT2D eigenvalue weighted by atomic mass is 35.5. The van der Waals surface area contributed by atoms with Crippen LogP contribution < -0.4 is 11.1 Å². The summed E-state index contributed by atoms with van der Waals surface area (Å²) >= 11 is 5.73. The van der Waals surface area contributed by atoms with E-state index in [0.717, 1.165) is 4.31 Å². The van der Waals surface area contributed by atoms with Gasteiger partial charge in [-0.15, -0.1) is 0 Å². The Morgan fingerprint density at radius 2 is 2.11 bits per heavy atom. The first-order valence-corrected chi connectivity index (χ1v) is 7.40. The molecule has 0 heterocycles. The summed E-state index contributed by atoms with van der Waals surface area (Å²) in [5.41, 5.74) is 5.73. The summed E-state index contributed by atoms with van der Waals surface area (Å²) in [4.78, 5) is 11.3. The molecule has 0 aliphatic heterocycles. The molecule has 1 amide bonds. The third-order valence-corrected chi connectivity index (χ3v) is 4.77. The van der Waals surface area contributed by atoms with Crippen molar-refractivity contribution >= 4 is 33.2 Å². The predicted molar refractivity (Wildman–Crippen MR) is 74.4 cm³/mol. The lowest BCUT2D eigenvalue weighted by atomic mass is 10.3. The molecule has 0 aliphatic carbocycles. The number of amides is 1. The van der Waals surface area contributed by atoms with Gasteiger partial charge in [-0.25, -0.2) is 8.42 Å². The number of nitrogens with zero attached hydrogens (tertiary/aromatic N) is 1. The smallest absolute Gasteiger partial charge is 0.245 e. The summed E-state index contributed by atoms with van der Waals surface area (Å²) in [6, 6.07) is 4.14. The molecule has 0 bridgehead atoms. The number of nitrogens with two attached hydrogens (primary N) is 1. The Bertz CT molecular complexity index is 575. The van der Waals surface area contributed by atoms with Gasteiger partial charge in [0.05, 0.1) is 12.2 Å². The van der Waals surface area contributed by atoms with Gasteiger partial charge in [-0.3, -0.25) is 4.79 Å². The van der Waals surface area contributed by atoms with Crippen LogP contribution in [0.2, 0.25) is 5.02 Å². The molecule has 106 valence electrons. The summed E-state index contributed by atoms with van der Waals surface area (Å²) in [6.45, 7) is 1.56. The van der Waals surface area contributed by atoms with Crippen molar-refractivity contribution in [3.8, 4) is 0 Å². The topological polar surface area (TPSA) is 92.5 Å². The van der Waals surface area contributed by atoms with Crippen molar-refractivity contribution in [2.24, 2.45) is 0 Å². The SMILES string of the molecule is CCN(CC(=O)NC)S(=O)(=O)c1ccc(Cl)cc1N. The average Bonchev–Trinajstić information content (AvgIpc) is 2.34. The highest BCUT2D eigenvalue weighted by Gasteiger charge is 2.26. The molecule has 0 fully saturated rings. The fraction of sp³-hybridized carbons (Fsp3) is 0.364. The highest BCUT2D eigenvalue weighted by Crippen LogP contribution is 2.25. The summed E-state index contributed by atoms with van der Waals surface area (Å²) in [7, 11) is -2.37. The minimum Gasteiger partial charge on any atom is -0.398 e. The van der Waals surface area contributed by atoms with E-state index in [1.165, 1.54) is 25.2 Å². The molecule has 0 unspecified atom stereocenters. The molecule has 1 aromatic carbocycles. The van der Waals surface area contributed by atoms with E-state index in [-0.39, 0.29) is 23.7 Å². The van der Waals surface area contributed by atoms with Gasteiger partial charge in [0.2, 0.25) is 15.9 Å². The van der Waals surface area contributed by atoms with Gasteiger partial charge in [0.25, 0.3) is 0 Å². The molecular formula is C11H16ClN3O3S. The Morgan fingerprint density at radius 1 is 1.47 bits per heavy atom. The van der Waals surface area contributed by atoms with Gasteiger partial charge in [-0.2, -0.15) is 4.31 Å². The molecular weight excluding hydrogens is 290 g/mol. The lowest BCUT2D eigenvalue weighted by Crippen LogP contribution is -2.39. The molecule has 0 atom stereocenters. The number of carbonyl (C=O) groups is 1. The molecule has 0 saturated carbocycles. The molecule has 0 spiro atoms. The lowest BCUT2D eigenvalue weighted by Gasteiger charge is -2.20. The van der Waals surface area contributed by atoms with E-state index in [0.29, 0.717) is 5.02 Å². The second-order valence-corrected chi connectivity index (χ2v) is 6.13. The molecule has 0 saturated heterocycles. The predicted octanol–water partition coefficient (Wildman–Crippen LogP) is 0.679. The van der Waals surface area contributed by atoms with Crippen molar-refractivity contribution in [3.63, 3.8) is 0 Å². The van der Waals surface area contributed by atoms with Crippen LogP contribution in [0.1, 0.15) is 6.92 Å². The number of nitrogens with one attached hydrogen (secondary N) is 1. The largest absolute Gasteiger partial charge is 0.398 e. The average molecular weight is 306 g/mol. The van der Waals surface area contributed by atoms with Crippen LogP contribution in [0.15, 0.2) is 23.1 Å². The second-order valence-electron chi connectivity index (χ2n) is 3.79. The van der Waals surface area contributed by atoms with Crippen LogP contribution in [0.3, 0.4) is 0 Å². The van der Waals surface area contributed by atoms with E-state index >= 15 is 0 Å². The minimum atomic E-state index is -3.81. The number of likely N-dealkylation sites (N-methyl/N-ethyl adjacent to an activating group) is 2. The number of sulfonamides is 1. The highest BCUT2D eigenvalue weighted by molar-refractivity contribution is 7.89. The van der Waals surface area contributed by atoms with Gasteiger partial charge in [-0.05, 0) is 18.2 Å². The van der Waals surface area contributed by atoms with E-state index in [2.05, 4.69) is 5.32 Å². The zero-order valence-corrected chi connectivity index (χ0v) is 12.3. The number of halogens is 1. The van der Waals surface area contributed by atoms with Crippen molar-refractivity contribution < 1.29 is 13.2 Å². The monoisotopic (exact) mass is 305 g/mol. The van der Waals surface area contributed by atoms with Crippen LogP contribution in [-0.4, -0.2) is 38.8 Å². The zero-order valence-electron chi connectivity index (χ0n) is 10.7. The van der Waals surface area contributed by atoms with Gasteiger partial charge >= 0.3 is 0 Å². The van der Waals surface area contributed by atoms with Crippen LogP contribution in [-0.2, 0) is 14.8 Å². The van der Waals surface area contributed by atoms with Gasteiger partial charge < -0.3 is 11.1 Å². The zero-order chi connectivity index (χ0) is 14.6. The van der Waals surface area contributed by atoms with Crippen molar-refractivity contribution in [2.45, 2.75) is 11.8 Å². The van der Waals surface area contributed by atoms with E-state index in [1.54, 1.807) is 6.92 Å². The lowest BCUT2D eigenvalue weighted by molar-refractivity contribution is -0.120. The van der Waals surface area contributed by atoms with Crippen molar-refractivity contribution in [1.29, 1.82) is 0 Å². The molecule has 1 rings (SSSR count). The Labute approximate surface area is 117 Å². The number of rotatable bonds is 5. The molecule has 3 N–H and O–H groups in total. The Balaban J connectivity index is 3.17. The Kier molecular flexibility index (Phi) is 5.16. The van der Waals surface area contributed by atoms with E-state index in [4.69, 9.17) is 17.3 Å². The number of hydrogen-bond donors (Lipinski definition) is 2. The number of nitrogen functional groups attached to an aromatic ring is 1. The third-order valence-electron chi connectivity index (χ3n) is 2.54. The van der Waals surface area contributed by atoms with Gasteiger partial charge in [0.15, 0.2) is 0 Å².